The van der Waals surface area contributed by atoms with Crippen LogP contribution in [0, 0.1) is 6.92 Å². The van der Waals surface area contributed by atoms with Gasteiger partial charge in [-0.1, -0.05) is 35.0 Å². The van der Waals surface area contributed by atoms with Gasteiger partial charge in [0.2, 0.25) is 11.7 Å². The van der Waals surface area contributed by atoms with Crippen LogP contribution in [0.5, 0.6) is 0 Å². The fraction of sp³-hybridized carbons (Fsp3) is 0.125. The molecule has 0 aliphatic carbocycles. The quantitative estimate of drug-likeness (QED) is 0.393. The van der Waals surface area contributed by atoms with E-state index in [0.29, 0.717) is 11.4 Å². The lowest BCUT2D eigenvalue weighted by atomic mass is 10.1. The van der Waals surface area contributed by atoms with Crippen LogP contribution in [0.15, 0.2) is 76.2 Å². The number of hydrogen-bond donors (Lipinski definition) is 1. The molecule has 5 aromatic rings. The summed E-state index contributed by atoms with van der Waals surface area (Å²) >= 11 is 0. The maximum absolute atomic E-state index is 12.9. The lowest BCUT2D eigenvalue weighted by Crippen LogP contribution is -2.28. The highest BCUT2D eigenvalue weighted by molar-refractivity contribution is 5.90. The fourth-order valence-electron chi connectivity index (χ4n) is 3.65. The van der Waals surface area contributed by atoms with E-state index >= 15 is 0 Å². The van der Waals surface area contributed by atoms with Crippen LogP contribution in [0.3, 0.4) is 0 Å². The molecule has 0 unspecified atom stereocenters. The number of fused-ring (bicyclic) bond motifs is 1. The molecule has 3 heterocycles. The van der Waals surface area contributed by atoms with Crippen LogP contribution in [0.4, 0.5) is 18.9 Å². The fourth-order valence-corrected chi connectivity index (χ4v) is 3.65. The lowest BCUT2D eigenvalue weighted by Gasteiger charge is -2.09. The standard InChI is InChI=1S/C24H17F3N6O3/c1-14-5-2-6-15(11-14)20-29-22(36-31-20)18-9-4-10-32-21(18)30-33(23(32)35)13-19(34)28-17-8-3-7-16(12-17)24(25,26)27/h2-12H,13H2,1H3,(H,28,34). The Morgan fingerprint density at radius 1 is 1.08 bits per heavy atom. The van der Waals surface area contributed by atoms with E-state index in [2.05, 4.69) is 20.6 Å². The van der Waals surface area contributed by atoms with E-state index in [0.717, 1.165) is 27.9 Å². The summed E-state index contributed by atoms with van der Waals surface area (Å²) in [7, 11) is 0. The average Bonchev–Trinajstić information content (AvgIpc) is 3.44. The number of rotatable bonds is 5. The molecule has 0 radical (unpaired) electrons. The summed E-state index contributed by atoms with van der Waals surface area (Å²) in [5.41, 5.74) is 0.749. The normalized spacial score (nSPS) is 11.7. The topological polar surface area (TPSA) is 107 Å². The van der Waals surface area contributed by atoms with E-state index in [1.165, 1.54) is 22.7 Å². The number of alkyl halides is 3. The van der Waals surface area contributed by atoms with Gasteiger partial charge in [0, 0.05) is 17.4 Å². The molecule has 0 spiro atoms. The first-order valence-corrected chi connectivity index (χ1v) is 10.7. The van der Waals surface area contributed by atoms with E-state index in [9.17, 15) is 22.8 Å². The molecule has 1 amide bonds. The number of anilines is 1. The van der Waals surface area contributed by atoms with Crippen molar-refractivity contribution in [1.82, 2.24) is 24.3 Å². The van der Waals surface area contributed by atoms with E-state index < -0.39 is 29.9 Å². The van der Waals surface area contributed by atoms with Gasteiger partial charge >= 0.3 is 11.9 Å². The van der Waals surface area contributed by atoms with Crippen LogP contribution < -0.4 is 11.0 Å². The van der Waals surface area contributed by atoms with Crippen molar-refractivity contribution in [2.75, 3.05) is 5.32 Å². The van der Waals surface area contributed by atoms with Gasteiger partial charge in [-0.2, -0.15) is 18.2 Å². The molecule has 12 heteroatoms. The van der Waals surface area contributed by atoms with Crippen LogP contribution in [0.1, 0.15) is 11.1 Å². The second-order valence-corrected chi connectivity index (χ2v) is 7.98. The van der Waals surface area contributed by atoms with Crippen LogP contribution >= 0.6 is 0 Å². The lowest BCUT2D eigenvalue weighted by molar-refractivity contribution is -0.137. The first-order valence-electron chi connectivity index (χ1n) is 10.7. The molecule has 5 rings (SSSR count). The van der Waals surface area contributed by atoms with Crippen molar-refractivity contribution < 1.29 is 22.5 Å². The molecule has 0 fully saturated rings. The monoisotopic (exact) mass is 494 g/mol. The molecule has 3 aromatic heterocycles. The second kappa shape index (κ2) is 8.80. The van der Waals surface area contributed by atoms with Crippen LogP contribution in [0.25, 0.3) is 28.5 Å². The first-order chi connectivity index (χ1) is 17.2. The Morgan fingerprint density at radius 2 is 1.89 bits per heavy atom. The third kappa shape index (κ3) is 4.48. The molecule has 36 heavy (non-hydrogen) atoms. The predicted molar refractivity (Wildman–Crippen MR) is 123 cm³/mol. The zero-order valence-electron chi connectivity index (χ0n) is 18.7. The number of hydrogen-bond acceptors (Lipinski definition) is 6. The van der Waals surface area contributed by atoms with Crippen LogP contribution in [-0.2, 0) is 17.5 Å². The second-order valence-electron chi connectivity index (χ2n) is 7.98. The molecular formula is C24H17F3N6O3. The summed E-state index contributed by atoms with van der Waals surface area (Å²) in [6, 6.07) is 15.0. The number of carbonyl (C=O) groups is 1. The Hall–Kier alpha value is -4.74. The minimum Gasteiger partial charge on any atom is -0.333 e. The first kappa shape index (κ1) is 23.0. The number of carbonyl (C=O) groups excluding carboxylic acids is 1. The van der Waals surface area contributed by atoms with Crippen molar-refractivity contribution in [1.29, 1.82) is 0 Å². The molecule has 0 saturated carbocycles. The van der Waals surface area contributed by atoms with Gasteiger partial charge in [-0.05, 0) is 43.3 Å². The summed E-state index contributed by atoms with van der Waals surface area (Å²) in [4.78, 5) is 29.7. The van der Waals surface area contributed by atoms with Gasteiger partial charge in [0.15, 0.2) is 5.65 Å². The number of benzene rings is 2. The molecule has 0 atom stereocenters. The largest absolute Gasteiger partial charge is 0.416 e. The number of aromatic nitrogens is 5. The molecule has 0 aliphatic heterocycles. The highest BCUT2D eigenvalue weighted by Gasteiger charge is 2.30. The maximum Gasteiger partial charge on any atom is 0.416 e. The number of aryl methyl sites for hydroxylation is 1. The minimum absolute atomic E-state index is 0.0538. The Labute approximate surface area is 200 Å². The number of halogens is 3. The van der Waals surface area contributed by atoms with E-state index in [4.69, 9.17) is 4.52 Å². The van der Waals surface area contributed by atoms with Gasteiger partial charge in [0.25, 0.3) is 5.89 Å². The smallest absolute Gasteiger partial charge is 0.333 e. The number of nitrogens with one attached hydrogen (secondary N) is 1. The highest BCUT2D eigenvalue weighted by atomic mass is 19.4. The zero-order valence-corrected chi connectivity index (χ0v) is 18.7. The summed E-state index contributed by atoms with van der Waals surface area (Å²) in [5.74, 6) is -0.235. The molecular weight excluding hydrogens is 477 g/mol. The van der Waals surface area contributed by atoms with Crippen molar-refractivity contribution >= 4 is 17.2 Å². The van der Waals surface area contributed by atoms with Gasteiger partial charge in [-0.25, -0.2) is 13.9 Å². The SMILES string of the molecule is Cc1cccc(-c2noc(-c3cccn4c(=O)n(CC(=O)Nc5cccc(C(F)(F)F)c5)nc34)n2)c1. The zero-order chi connectivity index (χ0) is 25.4. The Morgan fingerprint density at radius 3 is 2.67 bits per heavy atom. The van der Waals surface area contributed by atoms with E-state index in [1.807, 2.05) is 31.2 Å². The van der Waals surface area contributed by atoms with Gasteiger partial charge < -0.3 is 9.84 Å². The predicted octanol–water partition coefficient (Wildman–Crippen LogP) is 4.18. The van der Waals surface area contributed by atoms with Gasteiger partial charge in [0.05, 0.1) is 11.1 Å². The third-order valence-corrected chi connectivity index (χ3v) is 5.31. The van der Waals surface area contributed by atoms with E-state index in [1.54, 1.807) is 12.1 Å². The molecule has 0 saturated heterocycles. The third-order valence-electron chi connectivity index (χ3n) is 5.31. The van der Waals surface area contributed by atoms with Crippen molar-refractivity contribution in [3.05, 3.63) is 88.5 Å². The summed E-state index contributed by atoms with van der Waals surface area (Å²) in [5, 5.41) is 10.6. The molecule has 0 aliphatic rings. The van der Waals surface area contributed by atoms with Crippen molar-refractivity contribution in [3.63, 3.8) is 0 Å². The minimum atomic E-state index is -4.55. The van der Waals surface area contributed by atoms with E-state index in [-0.39, 0.29) is 17.2 Å². The number of amides is 1. The average molecular weight is 494 g/mol. The Balaban J connectivity index is 1.42. The molecule has 2 aromatic carbocycles. The molecule has 0 bridgehead atoms. The number of nitrogens with zero attached hydrogens (tertiary/aromatic N) is 5. The van der Waals surface area contributed by atoms with Gasteiger partial charge in [-0.15, -0.1) is 5.10 Å². The van der Waals surface area contributed by atoms with Gasteiger partial charge in [0.1, 0.15) is 6.54 Å². The Bertz CT molecular complexity index is 1650. The maximum atomic E-state index is 12.9. The Kier molecular flexibility index (Phi) is 5.63. The van der Waals surface area contributed by atoms with Gasteiger partial charge in [-0.3, -0.25) is 4.79 Å². The molecule has 9 nitrogen and oxygen atoms in total. The van der Waals surface area contributed by atoms with Crippen molar-refractivity contribution in [3.8, 4) is 22.8 Å². The summed E-state index contributed by atoms with van der Waals surface area (Å²) < 4.78 is 46.3. The summed E-state index contributed by atoms with van der Waals surface area (Å²) in [6.45, 7) is 1.42. The number of pyridine rings is 1. The van der Waals surface area contributed by atoms with Crippen molar-refractivity contribution in [2.45, 2.75) is 19.6 Å². The van der Waals surface area contributed by atoms with Crippen molar-refractivity contribution in [2.24, 2.45) is 0 Å². The van der Waals surface area contributed by atoms with Crippen LogP contribution in [-0.4, -0.2) is 30.2 Å². The highest BCUT2D eigenvalue weighted by Crippen LogP contribution is 2.30. The van der Waals surface area contributed by atoms with Crippen LogP contribution in [0.2, 0.25) is 0 Å². The molecule has 1 N–H and O–H groups in total. The molecule has 182 valence electrons. The summed E-state index contributed by atoms with van der Waals surface area (Å²) in [6.07, 6.45) is -3.09.